The second kappa shape index (κ2) is 7.01. The highest BCUT2D eigenvalue weighted by atomic mass is 16.5. The molecule has 0 radical (unpaired) electrons. The van der Waals surface area contributed by atoms with Crippen LogP contribution in [0.25, 0.3) is 0 Å². The maximum Gasteiger partial charge on any atom is 0.251 e. The molecule has 2 fully saturated rings. The Morgan fingerprint density at radius 1 is 1.43 bits per heavy atom. The van der Waals surface area contributed by atoms with Gasteiger partial charge in [-0.3, -0.25) is 9.69 Å². The fourth-order valence-electron chi connectivity index (χ4n) is 3.24. The minimum Gasteiger partial charge on any atom is -0.368 e. The number of amides is 1. The molecule has 1 saturated carbocycles. The van der Waals surface area contributed by atoms with Crippen molar-refractivity contribution in [2.45, 2.75) is 38.8 Å². The number of likely N-dealkylation sites (N-methyl/N-ethyl adjacent to an activating group) is 1. The van der Waals surface area contributed by atoms with Crippen LogP contribution in [0.3, 0.4) is 0 Å². The minimum atomic E-state index is -0.342. The van der Waals surface area contributed by atoms with Gasteiger partial charge in [0.05, 0.1) is 12.6 Å². The minimum absolute atomic E-state index is 0.112. The number of hydrogen-bond donors (Lipinski definition) is 0. The summed E-state index contributed by atoms with van der Waals surface area (Å²) in [6.45, 7) is 8.08. The van der Waals surface area contributed by atoms with E-state index in [1.54, 1.807) is 0 Å². The summed E-state index contributed by atoms with van der Waals surface area (Å²) in [5.41, 5.74) is 0. The molecule has 2 aliphatic rings. The third-order valence-electron chi connectivity index (χ3n) is 4.99. The van der Waals surface area contributed by atoms with Crippen LogP contribution in [-0.2, 0) is 16.6 Å². The molecule has 2 heterocycles. The molecule has 6 nitrogen and oxygen atoms in total. The summed E-state index contributed by atoms with van der Waals surface area (Å²) in [7, 11) is 2.01. The van der Waals surface area contributed by atoms with E-state index < -0.39 is 0 Å². The van der Waals surface area contributed by atoms with E-state index >= 15 is 0 Å². The second-order valence-electron chi connectivity index (χ2n) is 6.74. The van der Waals surface area contributed by atoms with Crippen molar-refractivity contribution in [1.29, 1.82) is 0 Å². The van der Waals surface area contributed by atoms with E-state index in [4.69, 9.17) is 4.74 Å². The van der Waals surface area contributed by atoms with Gasteiger partial charge in [-0.05, 0) is 32.2 Å². The van der Waals surface area contributed by atoms with Crippen LogP contribution in [0.4, 0.5) is 0 Å². The summed E-state index contributed by atoms with van der Waals surface area (Å²) in [4.78, 5) is 21.5. The van der Waals surface area contributed by atoms with Gasteiger partial charge in [-0.15, -0.1) is 0 Å². The Labute approximate surface area is 138 Å². The Balaban J connectivity index is 1.64. The summed E-state index contributed by atoms with van der Waals surface area (Å²) >= 11 is 0. The Kier molecular flexibility index (Phi) is 5.02. The number of piperazine rings is 1. The Hall–Kier alpha value is -1.40. The average molecular weight is 320 g/mol. The number of rotatable bonds is 6. The van der Waals surface area contributed by atoms with Crippen molar-refractivity contribution in [1.82, 2.24) is 19.4 Å². The van der Waals surface area contributed by atoms with Gasteiger partial charge >= 0.3 is 0 Å². The van der Waals surface area contributed by atoms with Crippen LogP contribution >= 0.6 is 0 Å². The van der Waals surface area contributed by atoms with E-state index in [2.05, 4.69) is 16.8 Å². The van der Waals surface area contributed by atoms with Crippen LogP contribution in [-0.4, -0.2) is 64.1 Å². The van der Waals surface area contributed by atoms with Crippen LogP contribution in [0.1, 0.15) is 38.6 Å². The van der Waals surface area contributed by atoms with Crippen LogP contribution in [0.15, 0.2) is 12.4 Å². The van der Waals surface area contributed by atoms with Gasteiger partial charge < -0.3 is 14.2 Å². The molecule has 128 valence electrons. The lowest BCUT2D eigenvalue weighted by atomic mass is 10.1. The zero-order chi connectivity index (χ0) is 16.4. The SMILES string of the molecule is CCN1CCN(C(=O)[C@@H](C)OCC2CC2)C[C@@H]1c1nccn1C. The molecular weight excluding hydrogens is 292 g/mol. The van der Waals surface area contributed by atoms with Crippen molar-refractivity contribution in [3.05, 3.63) is 18.2 Å². The summed E-state index contributed by atoms with van der Waals surface area (Å²) in [6, 6.07) is 0.160. The van der Waals surface area contributed by atoms with Gasteiger partial charge in [-0.1, -0.05) is 6.92 Å². The van der Waals surface area contributed by atoms with Crippen LogP contribution in [0.2, 0.25) is 0 Å². The lowest BCUT2D eigenvalue weighted by Gasteiger charge is -2.41. The molecule has 0 bridgehead atoms. The highest BCUT2D eigenvalue weighted by Crippen LogP contribution is 2.29. The fourth-order valence-corrected chi connectivity index (χ4v) is 3.24. The first-order valence-electron chi connectivity index (χ1n) is 8.71. The highest BCUT2D eigenvalue weighted by molar-refractivity contribution is 5.80. The number of aromatic nitrogens is 2. The Bertz CT molecular complexity index is 540. The smallest absolute Gasteiger partial charge is 0.251 e. The standard InChI is InChI=1S/C17H28N4O2/c1-4-20-9-10-21(11-15(20)16-18-7-8-19(16)3)17(22)13(2)23-12-14-5-6-14/h7-8,13-15H,4-6,9-12H2,1-3H3/t13-,15-/m1/s1. The third kappa shape index (κ3) is 3.75. The highest BCUT2D eigenvalue weighted by Gasteiger charge is 2.34. The van der Waals surface area contributed by atoms with E-state index in [1.807, 2.05) is 35.8 Å². The number of hydrogen-bond acceptors (Lipinski definition) is 4. The van der Waals surface area contributed by atoms with E-state index in [0.29, 0.717) is 12.5 Å². The van der Waals surface area contributed by atoms with Crippen molar-refractivity contribution in [2.24, 2.45) is 13.0 Å². The molecule has 1 aromatic heterocycles. The zero-order valence-electron chi connectivity index (χ0n) is 14.4. The lowest BCUT2D eigenvalue weighted by molar-refractivity contribution is -0.146. The van der Waals surface area contributed by atoms with Crippen molar-refractivity contribution in [3.8, 4) is 0 Å². The molecule has 2 atom stereocenters. The topological polar surface area (TPSA) is 50.6 Å². The number of imidazole rings is 1. The second-order valence-corrected chi connectivity index (χ2v) is 6.74. The lowest BCUT2D eigenvalue weighted by Crippen LogP contribution is -2.53. The van der Waals surface area contributed by atoms with Gasteiger partial charge in [-0.2, -0.15) is 0 Å². The van der Waals surface area contributed by atoms with E-state index in [9.17, 15) is 4.79 Å². The monoisotopic (exact) mass is 320 g/mol. The largest absolute Gasteiger partial charge is 0.368 e. The average Bonchev–Trinajstić information content (AvgIpc) is 3.31. The molecule has 0 aromatic carbocycles. The predicted molar refractivity (Wildman–Crippen MR) is 87.9 cm³/mol. The normalized spacial score (nSPS) is 24.0. The van der Waals surface area contributed by atoms with Crippen molar-refractivity contribution >= 4 is 5.91 Å². The van der Waals surface area contributed by atoms with Crippen LogP contribution in [0, 0.1) is 5.92 Å². The van der Waals surface area contributed by atoms with Crippen LogP contribution < -0.4 is 0 Å². The first-order valence-corrected chi connectivity index (χ1v) is 8.71. The molecule has 0 spiro atoms. The van der Waals surface area contributed by atoms with Crippen molar-refractivity contribution in [3.63, 3.8) is 0 Å². The summed E-state index contributed by atoms with van der Waals surface area (Å²) in [5, 5.41) is 0. The predicted octanol–water partition coefficient (Wildman–Crippen LogP) is 1.44. The van der Waals surface area contributed by atoms with Gasteiger partial charge in [0.1, 0.15) is 11.9 Å². The first-order chi connectivity index (χ1) is 11.1. The molecule has 0 unspecified atom stereocenters. The molecule has 23 heavy (non-hydrogen) atoms. The molecule has 6 heteroatoms. The number of carbonyl (C=O) groups is 1. The van der Waals surface area contributed by atoms with Gasteiger partial charge in [0, 0.05) is 39.1 Å². The zero-order valence-corrected chi connectivity index (χ0v) is 14.4. The molecule has 3 rings (SSSR count). The molecule has 1 aromatic rings. The Morgan fingerprint density at radius 3 is 2.83 bits per heavy atom. The first kappa shape index (κ1) is 16.5. The quantitative estimate of drug-likeness (QED) is 0.796. The van der Waals surface area contributed by atoms with Crippen LogP contribution in [0.5, 0.6) is 0 Å². The number of ether oxygens (including phenoxy) is 1. The number of nitrogens with zero attached hydrogens (tertiary/aromatic N) is 4. The van der Waals surface area contributed by atoms with Gasteiger partial charge in [0.25, 0.3) is 5.91 Å². The molecule has 0 N–H and O–H groups in total. The van der Waals surface area contributed by atoms with Crippen molar-refractivity contribution in [2.75, 3.05) is 32.8 Å². The Morgan fingerprint density at radius 2 is 2.22 bits per heavy atom. The molecule has 1 aliphatic carbocycles. The summed E-state index contributed by atoms with van der Waals surface area (Å²) in [5.74, 6) is 1.82. The summed E-state index contributed by atoms with van der Waals surface area (Å²) in [6.07, 6.45) is 5.94. The third-order valence-corrected chi connectivity index (χ3v) is 4.99. The maximum atomic E-state index is 12.7. The van der Waals surface area contributed by atoms with E-state index in [0.717, 1.165) is 32.1 Å². The van der Waals surface area contributed by atoms with Gasteiger partial charge in [-0.25, -0.2) is 4.98 Å². The van der Waals surface area contributed by atoms with Gasteiger partial charge in [0.15, 0.2) is 0 Å². The summed E-state index contributed by atoms with van der Waals surface area (Å²) < 4.78 is 7.81. The van der Waals surface area contributed by atoms with Crippen molar-refractivity contribution < 1.29 is 9.53 Å². The van der Waals surface area contributed by atoms with E-state index in [1.165, 1.54) is 12.8 Å². The molecule has 1 amide bonds. The maximum absolute atomic E-state index is 12.7. The molecular formula is C17H28N4O2. The van der Waals surface area contributed by atoms with Gasteiger partial charge in [0.2, 0.25) is 0 Å². The molecule has 1 saturated heterocycles. The number of aryl methyl sites for hydroxylation is 1. The number of carbonyl (C=O) groups excluding carboxylic acids is 1. The van der Waals surface area contributed by atoms with E-state index in [-0.39, 0.29) is 18.1 Å². The fraction of sp³-hybridized carbons (Fsp3) is 0.765. The molecule has 1 aliphatic heterocycles.